The number of esters is 1. The number of halogens is 2. The summed E-state index contributed by atoms with van der Waals surface area (Å²) in [5.74, 6) is -3.25. The van der Waals surface area contributed by atoms with Gasteiger partial charge in [0.1, 0.15) is 16.5 Å². The van der Waals surface area contributed by atoms with Crippen molar-refractivity contribution < 1.29 is 26.7 Å². The van der Waals surface area contributed by atoms with Gasteiger partial charge >= 0.3 is 5.97 Å². The minimum atomic E-state index is -4.53. The number of carbonyl (C=O) groups excluding carboxylic acids is 1. The van der Waals surface area contributed by atoms with E-state index in [0.29, 0.717) is 12.1 Å². The van der Waals surface area contributed by atoms with Crippen molar-refractivity contribution >= 4 is 15.8 Å². The van der Waals surface area contributed by atoms with E-state index < -0.39 is 37.2 Å². The number of rotatable bonds is 4. The van der Waals surface area contributed by atoms with Gasteiger partial charge in [-0.25, -0.2) is 22.0 Å². The van der Waals surface area contributed by atoms with Crippen LogP contribution in [-0.4, -0.2) is 40.5 Å². The van der Waals surface area contributed by atoms with Crippen LogP contribution in [0.5, 0.6) is 0 Å². The molecule has 0 fully saturated rings. The van der Waals surface area contributed by atoms with Crippen LogP contribution in [0, 0.1) is 11.6 Å². The quantitative estimate of drug-likeness (QED) is 0.620. The molecule has 1 rings (SSSR count). The van der Waals surface area contributed by atoms with E-state index in [-0.39, 0.29) is 0 Å². The molecule has 0 saturated carbocycles. The molecule has 5 nitrogen and oxygen atoms in total. The number of hydrogen-bond donors (Lipinski definition) is 0. The van der Waals surface area contributed by atoms with Crippen molar-refractivity contribution in [1.82, 2.24) is 4.90 Å². The van der Waals surface area contributed by atoms with Crippen molar-refractivity contribution in [2.75, 3.05) is 21.2 Å². The molecule has 0 aliphatic carbocycles. The van der Waals surface area contributed by atoms with Crippen LogP contribution in [0.25, 0.3) is 0 Å². The molecule has 0 amide bonds. The number of ether oxygens (including phenoxy) is 1. The Labute approximate surface area is 115 Å². The third-order valence-electron chi connectivity index (χ3n) is 2.23. The summed E-state index contributed by atoms with van der Waals surface area (Å²) >= 11 is 0. The van der Waals surface area contributed by atoms with Crippen LogP contribution >= 0.6 is 0 Å². The first-order valence-electron chi connectivity index (χ1n) is 5.37. The Kier molecular flexibility index (Phi) is 4.83. The second-order valence-corrected chi connectivity index (χ2v) is 5.91. The van der Waals surface area contributed by atoms with Gasteiger partial charge < -0.3 is 9.64 Å². The highest BCUT2D eigenvalue weighted by Gasteiger charge is 2.31. The zero-order chi connectivity index (χ0) is 15.5. The molecule has 0 atom stereocenters. The summed E-state index contributed by atoms with van der Waals surface area (Å²) < 4.78 is 55.5. The fourth-order valence-corrected chi connectivity index (χ4v) is 2.85. The molecule has 1 aromatic rings. The third kappa shape index (κ3) is 3.32. The Morgan fingerprint density at radius 1 is 1.30 bits per heavy atom. The minimum Gasteiger partial charge on any atom is -0.465 e. The number of benzene rings is 1. The van der Waals surface area contributed by atoms with Gasteiger partial charge in [-0.2, -0.15) is 0 Å². The van der Waals surface area contributed by atoms with Crippen LogP contribution in [0.3, 0.4) is 0 Å². The second kappa shape index (κ2) is 6.00. The molecule has 0 spiro atoms. The molecule has 0 aromatic heterocycles. The normalized spacial score (nSPS) is 12.2. The summed E-state index contributed by atoms with van der Waals surface area (Å²) in [5, 5.41) is 0. The molecule has 0 radical (unpaired) electrons. The van der Waals surface area contributed by atoms with Crippen LogP contribution in [0.15, 0.2) is 34.2 Å². The number of carbonyl (C=O) groups is 1. The molecule has 0 N–H and O–H groups in total. The Morgan fingerprint density at radius 3 is 2.40 bits per heavy atom. The summed E-state index contributed by atoms with van der Waals surface area (Å²) in [4.78, 5) is 11.1. The molecule has 0 heterocycles. The Bertz CT molecular complexity index is 653. The first-order chi connectivity index (χ1) is 9.20. The molecule has 0 aliphatic rings. The van der Waals surface area contributed by atoms with E-state index in [1.807, 2.05) is 0 Å². The minimum absolute atomic E-state index is 0.511. The molecule has 0 aliphatic heterocycles. The van der Waals surface area contributed by atoms with E-state index in [9.17, 15) is 22.0 Å². The zero-order valence-corrected chi connectivity index (χ0v) is 11.9. The highest BCUT2D eigenvalue weighted by Crippen LogP contribution is 2.24. The van der Waals surface area contributed by atoms with Gasteiger partial charge in [0.2, 0.25) is 9.84 Å². The predicted molar refractivity (Wildman–Crippen MR) is 67.3 cm³/mol. The number of methoxy groups -OCH3 is 1. The molecule has 0 unspecified atom stereocenters. The SMILES string of the molecule is COC(=O)/C(=C\N(C)C)S(=O)(=O)c1cc(F)ccc1F. The lowest BCUT2D eigenvalue weighted by Crippen LogP contribution is -2.19. The van der Waals surface area contributed by atoms with Gasteiger partial charge in [0.25, 0.3) is 0 Å². The first-order valence-corrected chi connectivity index (χ1v) is 6.85. The lowest BCUT2D eigenvalue weighted by Gasteiger charge is -2.12. The number of sulfone groups is 1. The van der Waals surface area contributed by atoms with Crippen LogP contribution in [0.2, 0.25) is 0 Å². The van der Waals surface area contributed by atoms with E-state index in [0.717, 1.165) is 19.4 Å². The standard InChI is InChI=1S/C12H13F2NO4S/c1-15(2)7-11(12(16)19-3)20(17,18)10-6-8(13)4-5-9(10)14/h4-7H,1-3H3/b11-7+. The van der Waals surface area contributed by atoms with Crippen molar-refractivity contribution in [3.8, 4) is 0 Å². The molecule has 0 bridgehead atoms. The molecular formula is C12H13F2NO4S. The summed E-state index contributed by atoms with van der Waals surface area (Å²) in [5.41, 5.74) is 0. The van der Waals surface area contributed by atoms with E-state index in [2.05, 4.69) is 4.74 Å². The van der Waals surface area contributed by atoms with Crippen LogP contribution in [-0.2, 0) is 19.4 Å². The van der Waals surface area contributed by atoms with Crippen LogP contribution < -0.4 is 0 Å². The summed E-state index contributed by atoms with van der Waals surface area (Å²) in [6.45, 7) is 0. The van der Waals surface area contributed by atoms with Gasteiger partial charge in [-0.1, -0.05) is 0 Å². The third-order valence-corrected chi connectivity index (χ3v) is 3.98. The van der Waals surface area contributed by atoms with Crippen molar-refractivity contribution in [2.45, 2.75) is 4.90 Å². The topological polar surface area (TPSA) is 63.7 Å². The van der Waals surface area contributed by atoms with E-state index >= 15 is 0 Å². The van der Waals surface area contributed by atoms with E-state index in [1.165, 1.54) is 19.0 Å². The summed E-state index contributed by atoms with van der Waals surface area (Å²) in [7, 11) is -0.596. The predicted octanol–water partition coefficient (Wildman–Crippen LogP) is 1.31. The fraction of sp³-hybridized carbons (Fsp3) is 0.250. The molecule has 1 aromatic carbocycles. The van der Waals surface area contributed by atoms with Gasteiger partial charge in [-0.3, -0.25) is 0 Å². The lowest BCUT2D eigenvalue weighted by atomic mass is 10.3. The monoisotopic (exact) mass is 305 g/mol. The molecule has 110 valence electrons. The van der Waals surface area contributed by atoms with Crippen molar-refractivity contribution in [3.63, 3.8) is 0 Å². The van der Waals surface area contributed by atoms with Crippen LogP contribution in [0.4, 0.5) is 8.78 Å². The molecule has 8 heteroatoms. The van der Waals surface area contributed by atoms with Gasteiger partial charge in [0, 0.05) is 20.3 Å². The number of hydrogen-bond acceptors (Lipinski definition) is 5. The lowest BCUT2D eigenvalue weighted by molar-refractivity contribution is -0.135. The highest BCUT2D eigenvalue weighted by molar-refractivity contribution is 7.96. The molecular weight excluding hydrogens is 292 g/mol. The number of nitrogens with zero attached hydrogens (tertiary/aromatic N) is 1. The van der Waals surface area contributed by atoms with Gasteiger partial charge in [0.05, 0.1) is 7.11 Å². The zero-order valence-electron chi connectivity index (χ0n) is 11.1. The fourth-order valence-electron chi connectivity index (χ4n) is 1.37. The summed E-state index contributed by atoms with van der Waals surface area (Å²) in [6, 6.07) is 1.96. The van der Waals surface area contributed by atoms with Crippen molar-refractivity contribution in [1.29, 1.82) is 0 Å². The Balaban J connectivity index is 3.53. The van der Waals surface area contributed by atoms with E-state index in [1.54, 1.807) is 0 Å². The van der Waals surface area contributed by atoms with Crippen molar-refractivity contribution in [3.05, 3.63) is 40.9 Å². The maximum absolute atomic E-state index is 13.6. The Hall–Kier alpha value is -1.96. The van der Waals surface area contributed by atoms with Crippen molar-refractivity contribution in [2.24, 2.45) is 0 Å². The highest BCUT2D eigenvalue weighted by atomic mass is 32.2. The average Bonchev–Trinajstić information content (AvgIpc) is 2.37. The maximum Gasteiger partial charge on any atom is 0.351 e. The van der Waals surface area contributed by atoms with Gasteiger partial charge in [-0.15, -0.1) is 0 Å². The Morgan fingerprint density at radius 2 is 1.90 bits per heavy atom. The van der Waals surface area contributed by atoms with E-state index in [4.69, 9.17) is 0 Å². The molecule has 20 heavy (non-hydrogen) atoms. The average molecular weight is 305 g/mol. The summed E-state index contributed by atoms with van der Waals surface area (Å²) in [6.07, 6.45) is 0.964. The van der Waals surface area contributed by atoms with Gasteiger partial charge in [0.15, 0.2) is 4.91 Å². The molecule has 0 saturated heterocycles. The van der Waals surface area contributed by atoms with Gasteiger partial charge in [-0.05, 0) is 18.2 Å². The maximum atomic E-state index is 13.6. The van der Waals surface area contributed by atoms with Crippen LogP contribution in [0.1, 0.15) is 0 Å². The second-order valence-electron chi connectivity index (χ2n) is 4.03. The first kappa shape index (κ1) is 16.1. The largest absolute Gasteiger partial charge is 0.465 e. The smallest absolute Gasteiger partial charge is 0.351 e.